The van der Waals surface area contributed by atoms with Gasteiger partial charge in [0.15, 0.2) is 0 Å². The summed E-state index contributed by atoms with van der Waals surface area (Å²) in [6, 6.07) is 20.6. The Bertz CT molecular complexity index is 582. The van der Waals surface area contributed by atoms with Gasteiger partial charge in [0.25, 0.3) is 0 Å². The predicted molar refractivity (Wildman–Crippen MR) is 95.3 cm³/mol. The number of nitrogens with one attached hydrogen (secondary N) is 2. The van der Waals surface area contributed by atoms with Crippen molar-refractivity contribution >= 4 is 11.4 Å². The van der Waals surface area contributed by atoms with Crippen LogP contribution in [0.4, 0.5) is 11.4 Å². The number of benzene rings is 2. The Morgan fingerprint density at radius 1 is 0.591 bits per heavy atom. The monoisotopic (exact) mass is 290 g/mol. The SMILES string of the molecule is C1=C(CNc2ccccc2)C1.C1=C(CNc2ccccc2)C1. The van der Waals surface area contributed by atoms with Crippen LogP contribution in [-0.2, 0) is 0 Å². The summed E-state index contributed by atoms with van der Waals surface area (Å²) in [6.45, 7) is 2.04. The van der Waals surface area contributed by atoms with Gasteiger partial charge in [0.1, 0.15) is 0 Å². The summed E-state index contributed by atoms with van der Waals surface area (Å²) in [5.74, 6) is 0. The van der Waals surface area contributed by atoms with Crippen LogP contribution in [0.5, 0.6) is 0 Å². The molecule has 0 unspecified atom stereocenters. The maximum atomic E-state index is 3.34. The van der Waals surface area contributed by atoms with Crippen molar-refractivity contribution in [2.24, 2.45) is 0 Å². The fourth-order valence-corrected chi connectivity index (χ4v) is 1.98. The van der Waals surface area contributed by atoms with Gasteiger partial charge in [-0.2, -0.15) is 0 Å². The lowest BCUT2D eigenvalue weighted by Crippen LogP contribution is -1.98. The number of hydrogen-bond acceptors (Lipinski definition) is 2. The molecule has 0 bridgehead atoms. The first-order valence-corrected chi connectivity index (χ1v) is 7.84. The quantitative estimate of drug-likeness (QED) is 0.743. The summed E-state index contributed by atoms with van der Waals surface area (Å²) in [5, 5.41) is 6.68. The molecule has 0 spiro atoms. The highest BCUT2D eigenvalue weighted by atomic mass is 14.9. The van der Waals surface area contributed by atoms with Crippen LogP contribution in [0.2, 0.25) is 0 Å². The summed E-state index contributed by atoms with van der Waals surface area (Å²) in [4.78, 5) is 0. The van der Waals surface area contributed by atoms with E-state index in [1.807, 2.05) is 36.4 Å². The topological polar surface area (TPSA) is 24.1 Å². The zero-order valence-electron chi connectivity index (χ0n) is 12.8. The van der Waals surface area contributed by atoms with Gasteiger partial charge < -0.3 is 10.6 Å². The van der Waals surface area contributed by atoms with Gasteiger partial charge in [-0.05, 0) is 37.1 Å². The van der Waals surface area contributed by atoms with E-state index in [0.717, 1.165) is 13.1 Å². The molecule has 4 rings (SSSR count). The molecule has 2 N–H and O–H groups in total. The Morgan fingerprint density at radius 3 is 1.27 bits per heavy atom. The summed E-state index contributed by atoms with van der Waals surface area (Å²) in [6.07, 6.45) is 6.91. The van der Waals surface area contributed by atoms with E-state index in [9.17, 15) is 0 Å². The average Bonchev–Trinajstić information content (AvgIpc) is 3.49. The molecule has 0 aliphatic heterocycles. The lowest BCUT2D eigenvalue weighted by Gasteiger charge is -2.01. The van der Waals surface area contributed by atoms with Gasteiger partial charge in [-0.25, -0.2) is 0 Å². The van der Waals surface area contributed by atoms with Crippen LogP contribution < -0.4 is 10.6 Å². The van der Waals surface area contributed by atoms with Crippen molar-refractivity contribution in [1.82, 2.24) is 0 Å². The van der Waals surface area contributed by atoms with E-state index < -0.39 is 0 Å². The van der Waals surface area contributed by atoms with Gasteiger partial charge in [-0.1, -0.05) is 59.7 Å². The molecular weight excluding hydrogens is 268 g/mol. The number of para-hydroxylation sites is 2. The molecule has 0 heterocycles. The zero-order valence-corrected chi connectivity index (χ0v) is 12.8. The Balaban J connectivity index is 0.000000131. The highest BCUT2D eigenvalue weighted by Crippen LogP contribution is 2.19. The fourth-order valence-electron chi connectivity index (χ4n) is 1.98. The molecule has 2 heteroatoms. The molecular formula is C20H22N2. The van der Waals surface area contributed by atoms with E-state index >= 15 is 0 Å². The van der Waals surface area contributed by atoms with Crippen LogP contribution in [0.15, 0.2) is 84.0 Å². The molecule has 2 aliphatic rings. The molecule has 22 heavy (non-hydrogen) atoms. The second-order valence-corrected chi connectivity index (χ2v) is 5.57. The van der Waals surface area contributed by atoms with E-state index in [2.05, 4.69) is 47.1 Å². The molecule has 2 nitrogen and oxygen atoms in total. The number of allylic oxidation sites excluding steroid dienone is 2. The van der Waals surface area contributed by atoms with Crippen LogP contribution in [0.25, 0.3) is 0 Å². The van der Waals surface area contributed by atoms with Gasteiger partial charge >= 0.3 is 0 Å². The first-order valence-electron chi connectivity index (χ1n) is 7.84. The molecule has 0 saturated carbocycles. The highest BCUT2D eigenvalue weighted by Gasteiger charge is 2.05. The van der Waals surface area contributed by atoms with Crippen LogP contribution >= 0.6 is 0 Å². The summed E-state index contributed by atoms with van der Waals surface area (Å²) in [7, 11) is 0. The van der Waals surface area contributed by atoms with Crippen molar-refractivity contribution < 1.29 is 0 Å². The summed E-state index contributed by atoms with van der Waals surface area (Å²) < 4.78 is 0. The van der Waals surface area contributed by atoms with Crippen molar-refractivity contribution in [3.63, 3.8) is 0 Å². The molecule has 0 atom stereocenters. The third-order valence-electron chi connectivity index (χ3n) is 3.57. The summed E-state index contributed by atoms with van der Waals surface area (Å²) in [5.41, 5.74) is 5.46. The molecule has 0 fully saturated rings. The van der Waals surface area contributed by atoms with E-state index in [-0.39, 0.29) is 0 Å². The molecule has 0 aromatic heterocycles. The van der Waals surface area contributed by atoms with Crippen LogP contribution in [0, 0.1) is 0 Å². The number of rotatable bonds is 6. The number of hydrogen-bond donors (Lipinski definition) is 2. The normalized spacial score (nSPS) is 14.0. The Kier molecular flexibility index (Phi) is 4.93. The predicted octanol–water partition coefficient (Wildman–Crippen LogP) is 4.86. The van der Waals surface area contributed by atoms with Gasteiger partial charge in [0.2, 0.25) is 0 Å². The fraction of sp³-hybridized carbons (Fsp3) is 0.200. The van der Waals surface area contributed by atoms with Crippen LogP contribution in [0.3, 0.4) is 0 Å². The second kappa shape index (κ2) is 7.51. The van der Waals surface area contributed by atoms with E-state index in [0.29, 0.717) is 0 Å². The molecule has 0 saturated heterocycles. The van der Waals surface area contributed by atoms with Gasteiger partial charge in [0.05, 0.1) is 0 Å². The van der Waals surface area contributed by atoms with Gasteiger partial charge in [0, 0.05) is 24.5 Å². The lowest BCUT2D eigenvalue weighted by molar-refractivity contribution is 1.26. The minimum Gasteiger partial charge on any atom is -0.381 e. The van der Waals surface area contributed by atoms with Crippen molar-refractivity contribution in [2.45, 2.75) is 12.8 Å². The van der Waals surface area contributed by atoms with Crippen LogP contribution in [-0.4, -0.2) is 13.1 Å². The van der Waals surface area contributed by atoms with E-state index in [4.69, 9.17) is 0 Å². The molecule has 0 radical (unpaired) electrons. The average molecular weight is 290 g/mol. The smallest absolute Gasteiger partial charge is 0.0363 e. The lowest BCUT2D eigenvalue weighted by atomic mass is 10.3. The molecule has 0 amide bonds. The first-order chi connectivity index (χ1) is 10.9. The van der Waals surface area contributed by atoms with Crippen molar-refractivity contribution in [2.75, 3.05) is 23.7 Å². The van der Waals surface area contributed by atoms with Gasteiger partial charge in [-0.3, -0.25) is 0 Å². The summed E-state index contributed by atoms with van der Waals surface area (Å²) >= 11 is 0. The third-order valence-corrected chi connectivity index (χ3v) is 3.57. The van der Waals surface area contributed by atoms with Gasteiger partial charge in [-0.15, -0.1) is 0 Å². The standard InChI is InChI=1S/2C10H11N/c2*1-2-4-10(5-3-1)11-8-9-6-7-9/h2*1-6,11H,7-8H2. The molecule has 112 valence electrons. The Morgan fingerprint density at radius 2 is 0.955 bits per heavy atom. The van der Waals surface area contributed by atoms with Crippen molar-refractivity contribution in [3.05, 3.63) is 84.0 Å². The van der Waals surface area contributed by atoms with E-state index in [1.165, 1.54) is 35.4 Å². The largest absolute Gasteiger partial charge is 0.381 e. The number of anilines is 2. The first kappa shape index (κ1) is 14.5. The molecule has 2 aromatic carbocycles. The Hall–Kier alpha value is -2.48. The Labute approximate surface area is 132 Å². The second-order valence-electron chi connectivity index (χ2n) is 5.57. The maximum absolute atomic E-state index is 3.34. The minimum absolute atomic E-state index is 1.02. The molecule has 2 aromatic rings. The maximum Gasteiger partial charge on any atom is 0.0363 e. The third kappa shape index (κ3) is 5.49. The molecule has 2 aliphatic carbocycles. The van der Waals surface area contributed by atoms with E-state index in [1.54, 1.807) is 0 Å². The van der Waals surface area contributed by atoms with Crippen LogP contribution in [0.1, 0.15) is 12.8 Å². The zero-order chi connectivity index (χ0) is 15.0. The minimum atomic E-state index is 1.02. The van der Waals surface area contributed by atoms with Crippen molar-refractivity contribution in [1.29, 1.82) is 0 Å². The van der Waals surface area contributed by atoms with Crippen molar-refractivity contribution in [3.8, 4) is 0 Å². The highest BCUT2D eigenvalue weighted by molar-refractivity contribution is 5.45.